The Labute approximate surface area is 184 Å². The summed E-state index contributed by atoms with van der Waals surface area (Å²) in [6, 6.07) is 12.1. The molecule has 160 valence electrons. The molecule has 1 fully saturated rings. The molecule has 2 amide bonds. The highest BCUT2D eigenvalue weighted by molar-refractivity contribution is 7.03. The summed E-state index contributed by atoms with van der Waals surface area (Å²) in [6.45, 7) is 1.93. The van der Waals surface area contributed by atoms with Gasteiger partial charge in [0.05, 0.1) is 0 Å². The summed E-state index contributed by atoms with van der Waals surface area (Å²) in [5, 5.41) is 8.45. The second-order valence-corrected chi connectivity index (χ2v) is 8.32. The summed E-state index contributed by atoms with van der Waals surface area (Å²) in [7, 11) is 0. The number of hydrogen-bond acceptors (Lipinski definition) is 5. The van der Waals surface area contributed by atoms with Crippen molar-refractivity contribution in [3.05, 3.63) is 76.5 Å². The first-order valence-corrected chi connectivity index (χ1v) is 11.1. The first kappa shape index (κ1) is 21.1. The maximum absolute atomic E-state index is 14.9. The molecule has 1 aromatic heterocycles. The van der Waals surface area contributed by atoms with Crippen molar-refractivity contribution in [1.29, 1.82) is 0 Å². The highest BCUT2D eigenvalue weighted by Crippen LogP contribution is 2.32. The molecule has 4 rings (SSSR count). The molecule has 8 heteroatoms. The first-order valence-electron chi connectivity index (χ1n) is 10.3. The zero-order valence-electron chi connectivity index (χ0n) is 17.1. The van der Waals surface area contributed by atoms with Crippen LogP contribution in [0.1, 0.15) is 53.3 Å². The number of anilines is 1. The van der Waals surface area contributed by atoms with Gasteiger partial charge in [0, 0.05) is 22.7 Å². The lowest BCUT2D eigenvalue weighted by atomic mass is 10.0. The van der Waals surface area contributed by atoms with Crippen LogP contribution >= 0.6 is 11.5 Å². The predicted molar refractivity (Wildman–Crippen MR) is 117 cm³/mol. The van der Waals surface area contributed by atoms with Crippen molar-refractivity contribution < 1.29 is 14.0 Å². The summed E-state index contributed by atoms with van der Waals surface area (Å²) in [4.78, 5) is 28.3. The van der Waals surface area contributed by atoms with Gasteiger partial charge in [-0.15, -0.1) is 5.10 Å². The number of aryl methyl sites for hydroxylation is 1. The summed E-state index contributed by atoms with van der Waals surface area (Å²) < 4.78 is 18.7. The van der Waals surface area contributed by atoms with Crippen molar-refractivity contribution in [1.82, 2.24) is 14.9 Å². The zero-order chi connectivity index (χ0) is 21.8. The molecule has 1 heterocycles. The first-order chi connectivity index (χ1) is 15.0. The van der Waals surface area contributed by atoms with E-state index in [1.807, 2.05) is 19.1 Å². The van der Waals surface area contributed by atoms with Crippen LogP contribution in [0.15, 0.2) is 53.9 Å². The van der Waals surface area contributed by atoms with E-state index >= 15 is 0 Å². The number of amides is 2. The largest absolute Gasteiger partial charge is 0.351 e. The fourth-order valence-corrected chi connectivity index (χ4v) is 4.34. The Balaban J connectivity index is 1.82. The molecule has 0 radical (unpaired) electrons. The van der Waals surface area contributed by atoms with E-state index in [4.69, 9.17) is 0 Å². The molecule has 1 saturated carbocycles. The highest BCUT2D eigenvalue weighted by atomic mass is 32.1. The van der Waals surface area contributed by atoms with Crippen LogP contribution in [0.25, 0.3) is 0 Å². The number of hydrogen-bond donors (Lipinski definition) is 1. The van der Waals surface area contributed by atoms with Crippen molar-refractivity contribution in [2.24, 2.45) is 0 Å². The van der Waals surface area contributed by atoms with Crippen molar-refractivity contribution in [2.75, 3.05) is 4.90 Å². The highest BCUT2D eigenvalue weighted by Gasteiger charge is 2.37. The number of carbonyl (C=O) groups excluding carboxylic acids is 2. The average molecular weight is 439 g/mol. The lowest BCUT2D eigenvalue weighted by Crippen LogP contribution is -2.46. The van der Waals surface area contributed by atoms with Crippen LogP contribution in [0.5, 0.6) is 0 Å². The van der Waals surface area contributed by atoms with E-state index in [1.165, 1.54) is 16.3 Å². The minimum atomic E-state index is -1.18. The summed E-state index contributed by atoms with van der Waals surface area (Å²) >= 11 is 1.04. The number of benzene rings is 2. The summed E-state index contributed by atoms with van der Waals surface area (Å²) in [6.07, 6.45) is 3.84. The van der Waals surface area contributed by atoms with Gasteiger partial charge < -0.3 is 5.32 Å². The van der Waals surface area contributed by atoms with Gasteiger partial charge in [0.2, 0.25) is 5.91 Å². The molecule has 1 aliphatic rings. The van der Waals surface area contributed by atoms with Gasteiger partial charge in [-0.1, -0.05) is 53.2 Å². The predicted octanol–water partition coefficient (Wildman–Crippen LogP) is 4.43. The summed E-state index contributed by atoms with van der Waals surface area (Å²) in [5.41, 5.74) is 1.73. The molecule has 1 atom stereocenters. The quantitative estimate of drug-likeness (QED) is 0.618. The average Bonchev–Trinajstić information content (AvgIpc) is 3.47. The van der Waals surface area contributed by atoms with Gasteiger partial charge in [-0.3, -0.25) is 14.5 Å². The Morgan fingerprint density at radius 1 is 1.13 bits per heavy atom. The van der Waals surface area contributed by atoms with Crippen LogP contribution in [0.4, 0.5) is 10.1 Å². The van der Waals surface area contributed by atoms with Gasteiger partial charge in [-0.05, 0) is 49.5 Å². The van der Waals surface area contributed by atoms with E-state index in [0.29, 0.717) is 5.69 Å². The van der Waals surface area contributed by atoms with Crippen LogP contribution in [-0.2, 0) is 4.79 Å². The van der Waals surface area contributed by atoms with Crippen LogP contribution in [-0.4, -0.2) is 27.4 Å². The Morgan fingerprint density at radius 3 is 2.48 bits per heavy atom. The molecular weight excluding hydrogens is 415 g/mol. The van der Waals surface area contributed by atoms with E-state index < -0.39 is 23.7 Å². The zero-order valence-corrected chi connectivity index (χ0v) is 17.9. The third-order valence-corrected chi connectivity index (χ3v) is 6.02. The monoisotopic (exact) mass is 438 g/mol. The van der Waals surface area contributed by atoms with Crippen molar-refractivity contribution >= 4 is 29.0 Å². The van der Waals surface area contributed by atoms with Crippen LogP contribution < -0.4 is 10.2 Å². The second kappa shape index (κ2) is 9.34. The Bertz CT molecular complexity index is 1050. The number of rotatable bonds is 6. The molecule has 6 nitrogen and oxygen atoms in total. The van der Waals surface area contributed by atoms with Crippen molar-refractivity contribution in [2.45, 2.75) is 44.7 Å². The fourth-order valence-electron chi connectivity index (χ4n) is 3.91. The Hall–Kier alpha value is -3.13. The molecule has 1 unspecified atom stereocenters. The Kier molecular flexibility index (Phi) is 6.36. The maximum Gasteiger partial charge on any atom is 0.280 e. The molecule has 3 aromatic rings. The lowest BCUT2D eigenvalue weighted by Gasteiger charge is -2.32. The molecule has 0 bridgehead atoms. The van der Waals surface area contributed by atoms with Gasteiger partial charge in [0.15, 0.2) is 5.69 Å². The number of nitrogens with zero attached hydrogens (tertiary/aromatic N) is 3. The fraction of sp³-hybridized carbons (Fsp3) is 0.304. The number of carbonyl (C=O) groups is 2. The SMILES string of the molecule is Cc1ccc(N(C(=O)c2csnn2)C(C(=O)NC2CCCC2)c2ccccc2F)cc1. The van der Waals surface area contributed by atoms with Gasteiger partial charge in [-0.2, -0.15) is 0 Å². The Morgan fingerprint density at radius 2 is 1.84 bits per heavy atom. The van der Waals surface area contributed by atoms with E-state index in [9.17, 15) is 14.0 Å². The number of halogens is 1. The third-order valence-electron chi connectivity index (χ3n) is 5.52. The lowest BCUT2D eigenvalue weighted by molar-refractivity contribution is -0.123. The molecule has 0 aliphatic heterocycles. The topological polar surface area (TPSA) is 75.2 Å². The van der Waals surface area contributed by atoms with Crippen LogP contribution in [0.3, 0.4) is 0 Å². The van der Waals surface area contributed by atoms with Gasteiger partial charge in [0.25, 0.3) is 5.91 Å². The minimum Gasteiger partial charge on any atom is -0.351 e. The molecule has 1 aliphatic carbocycles. The number of aromatic nitrogens is 2. The summed E-state index contributed by atoms with van der Waals surface area (Å²) in [5.74, 6) is -1.46. The second-order valence-electron chi connectivity index (χ2n) is 7.71. The minimum absolute atomic E-state index is 0.0256. The molecule has 0 spiro atoms. The van der Waals surface area contributed by atoms with Crippen LogP contribution in [0, 0.1) is 12.7 Å². The molecule has 1 N–H and O–H groups in total. The van der Waals surface area contributed by atoms with Gasteiger partial charge >= 0.3 is 0 Å². The van der Waals surface area contributed by atoms with E-state index in [1.54, 1.807) is 30.3 Å². The smallest absolute Gasteiger partial charge is 0.280 e. The third kappa shape index (κ3) is 4.64. The molecule has 0 saturated heterocycles. The van der Waals surface area contributed by atoms with Crippen LogP contribution in [0.2, 0.25) is 0 Å². The van der Waals surface area contributed by atoms with E-state index in [0.717, 1.165) is 42.8 Å². The van der Waals surface area contributed by atoms with Gasteiger partial charge in [-0.25, -0.2) is 4.39 Å². The maximum atomic E-state index is 14.9. The van der Waals surface area contributed by atoms with E-state index in [2.05, 4.69) is 14.9 Å². The standard InChI is InChI=1S/C23H23FN4O2S/c1-15-10-12-17(13-11-15)28(23(30)20-14-31-27-26-20)21(18-8-4-5-9-19(18)24)22(29)25-16-6-2-3-7-16/h4-5,8-14,16,21H,2-3,6-7H2,1H3,(H,25,29). The molecule has 31 heavy (non-hydrogen) atoms. The normalized spacial score (nSPS) is 14.9. The molecular formula is C23H23FN4O2S. The van der Waals surface area contributed by atoms with Gasteiger partial charge in [0.1, 0.15) is 11.9 Å². The van der Waals surface area contributed by atoms with Crippen molar-refractivity contribution in [3.8, 4) is 0 Å². The number of nitrogens with one attached hydrogen (secondary N) is 1. The van der Waals surface area contributed by atoms with Crippen molar-refractivity contribution in [3.63, 3.8) is 0 Å². The molecule has 2 aromatic carbocycles. The van der Waals surface area contributed by atoms with E-state index in [-0.39, 0.29) is 17.3 Å².